The summed E-state index contributed by atoms with van der Waals surface area (Å²) in [6, 6.07) is 0. The van der Waals surface area contributed by atoms with E-state index in [4.69, 9.17) is 28.8 Å². The van der Waals surface area contributed by atoms with Crippen LogP contribution in [0.3, 0.4) is 0 Å². The van der Waals surface area contributed by atoms with Crippen molar-refractivity contribution in [1.82, 2.24) is 4.90 Å². The highest BCUT2D eigenvalue weighted by Crippen LogP contribution is 1.91. The second-order valence-corrected chi connectivity index (χ2v) is 4.80. The van der Waals surface area contributed by atoms with E-state index >= 15 is 0 Å². The number of hydrogen-bond donors (Lipinski definition) is 1. The van der Waals surface area contributed by atoms with Gasteiger partial charge in [0.1, 0.15) is 0 Å². The Morgan fingerprint density at radius 2 is 0.957 bits per heavy atom. The average Bonchev–Trinajstić information content (AvgIpc) is 2.56. The molecule has 0 saturated heterocycles. The molecule has 1 N–H and O–H groups in total. The van der Waals surface area contributed by atoms with Crippen molar-refractivity contribution in [3.05, 3.63) is 0 Å². The molecule has 0 aliphatic carbocycles. The van der Waals surface area contributed by atoms with Gasteiger partial charge in [-0.3, -0.25) is 4.90 Å². The lowest BCUT2D eigenvalue weighted by atomic mass is 10.4. The van der Waals surface area contributed by atoms with E-state index in [1.807, 2.05) is 13.8 Å². The topological polar surface area (TPSA) is 69.6 Å². The van der Waals surface area contributed by atoms with Crippen LogP contribution < -0.4 is 0 Å². The van der Waals surface area contributed by atoms with Crippen molar-refractivity contribution >= 4 is 0 Å². The summed E-state index contributed by atoms with van der Waals surface area (Å²) in [5.74, 6) is 0. The van der Waals surface area contributed by atoms with Crippen molar-refractivity contribution in [2.45, 2.75) is 13.8 Å². The van der Waals surface area contributed by atoms with Crippen LogP contribution in [0.1, 0.15) is 13.8 Å². The summed E-state index contributed by atoms with van der Waals surface area (Å²) in [6.07, 6.45) is 0. The molecule has 0 amide bonds. The number of aliphatic hydroxyl groups is 1. The second-order valence-electron chi connectivity index (χ2n) is 4.80. The molecule has 0 bridgehead atoms. The molecule has 0 spiro atoms. The molecule has 0 saturated carbocycles. The van der Waals surface area contributed by atoms with Gasteiger partial charge in [0, 0.05) is 32.8 Å². The Bertz CT molecular complexity index is 211. The minimum atomic E-state index is 0.0478. The average molecular weight is 337 g/mol. The molecule has 0 unspecified atom stereocenters. The van der Waals surface area contributed by atoms with E-state index < -0.39 is 0 Å². The summed E-state index contributed by atoms with van der Waals surface area (Å²) in [5.41, 5.74) is 0. The molecule has 0 aliphatic heterocycles. The van der Waals surface area contributed by atoms with Crippen molar-refractivity contribution in [3.8, 4) is 0 Å². The van der Waals surface area contributed by atoms with Crippen LogP contribution >= 0.6 is 0 Å². The first-order valence-electron chi connectivity index (χ1n) is 8.57. The molecule has 140 valence electrons. The smallest absolute Gasteiger partial charge is 0.0701 e. The molecule has 0 atom stereocenters. The van der Waals surface area contributed by atoms with Crippen LogP contribution in [-0.4, -0.2) is 102 Å². The molecule has 7 nitrogen and oxygen atoms in total. The Kier molecular flexibility index (Phi) is 19.5. The van der Waals surface area contributed by atoms with Gasteiger partial charge < -0.3 is 28.8 Å². The molecule has 0 fully saturated rings. The Hall–Kier alpha value is -0.280. The van der Waals surface area contributed by atoms with Crippen LogP contribution in [0.5, 0.6) is 0 Å². The standard InChI is InChI=1S/C16H35NO6/c1-3-19-9-5-17(6-10-20-4-2)7-11-21-13-15-23-16-14-22-12-8-18/h18H,3-16H2,1-2H3. The van der Waals surface area contributed by atoms with Crippen molar-refractivity contribution in [2.75, 3.05) is 92.3 Å². The fourth-order valence-corrected chi connectivity index (χ4v) is 1.81. The SMILES string of the molecule is CCOCCN(CCOCC)CCOCCOCCOCCO. The molecule has 0 aromatic carbocycles. The van der Waals surface area contributed by atoms with Gasteiger partial charge in [-0.05, 0) is 13.8 Å². The van der Waals surface area contributed by atoms with E-state index in [2.05, 4.69) is 4.90 Å². The zero-order valence-electron chi connectivity index (χ0n) is 14.8. The summed E-state index contributed by atoms with van der Waals surface area (Å²) in [4.78, 5) is 2.29. The number of aliphatic hydroxyl groups excluding tert-OH is 1. The molecule has 0 aromatic rings. The van der Waals surface area contributed by atoms with Gasteiger partial charge in [-0.1, -0.05) is 0 Å². The van der Waals surface area contributed by atoms with Gasteiger partial charge in [0.2, 0.25) is 0 Å². The predicted octanol–water partition coefficient (Wildman–Crippen LogP) is 0.404. The normalized spacial score (nSPS) is 11.5. The predicted molar refractivity (Wildman–Crippen MR) is 89.0 cm³/mol. The maximum absolute atomic E-state index is 8.54. The largest absolute Gasteiger partial charge is 0.394 e. The van der Waals surface area contributed by atoms with Gasteiger partial charge in [-0.25, -0.2) is 0 Å². The molecule has 0 aromatic heterocycles. The van der Waals surface area contributed by atoms with Crippen molar-refractivity contribution < 1.29 is 28.8 Å². The van der Waals surface area contributed by atoms with E-state index in [9.17, 15) is 0 Å². The minimum absolute atomic E-state index is 0.0478. The van der Waals surface area contributed by atoms with Gasteiger partial charge >= 0.3 is 0 Å². The molecule has 0 rings (SSSR count). The first-order valence-corrected chi connectivity index (χ1v) is 8.57. The molecular weight excluding hydrogens is 302 g/mol. The summed E-state index contributed by atoms with van der Waals surface area (Å²) in [7, 11) is 0. The molecule has 0 aliphatic rings. The van der Waals surface area contributed by atoms with E-state index in [0.29, 0.717) is 39.6 Å². The molecule has 7 heteroatoms. The number of nitrogens with zero attached hydrogens (tertiary/aromatic N) is 1. The highest BCUT2D eigenvalue weighted by Gasteiger charge is 2.04. The molecular formula is C16H35NO6. The lowest BCUT2D eigenvalue weighted by Gasteiger charge is -2.22. The lowest BCUT2D eigenvalue weighted by molar-refractivity contribution is 0.00197. The zero-order valence-corrected chi connectivity index (χ0v) is 14.8. The van der Waals surface area contributed by atoms with Crippen LogP contribution in [0.25, 0.3) is 0 Å². The summed E-state index contributed by atoms with van der Waals surface area (Å²) < 4.78 is 26.8. The van der Waals surface area contributed by atoms with E-state index in [1.54, 1.807) is 0 Å². The molecule has 0 radical (unpaired) electrons. The lowest BCUT2D eigenvalue weighted by Crippen LogP contribution is -2.34. The van der Waals surface area contributed by atoms with Crippen LogP contribution in [0.2, 0.25) is 0 Å². The number of hydrogen-bond acceptors (Lipinski definition) is 7. The van der Waals surface area contributed by atoms with E-state index in [0.717, 1.165) is 46.1 Å². The fourth-order valence-electron chi connectivity index (χ4n) is 1.81. The van der Waals surface area contributed by atoms with Gasteiger partial charge in [0.15, 0.2) is 0 Å². The van der Waals surface area contributed by atoms with Crippen LogP contribution in [0.4, 0.5) is 0 Å². The second kappa shape index (κ2) is 19.8. The third-order valence-electron chi connectivity index (χ3n) is 3.04. The van der Waals surface area contributed by atoms with Crippen LogP contribution in [-0.2, 0) is 23.7 Å². The fraction of sp³-hybridized carbons (Fsp3) is 1.00. The number of rotatable bonds is 19. The summed E-state index contributed by atoms with van der Waals surface area (Å²) in [5, 5.41) is 8.54. The van der Waals surface area contributed by atoms with Gasteiger partial charge in [-0.15, -0.1) is 0 Å². The third-order valence-corrected chi connectivity index (χ3v) is 3.04. The number of ether oxygens (including phenoxy) is 5. The maximum Gasteiger partial charge on any atom is 0.0701 e. The van der Waals surface area contributed by atoms with Crippen molar-refractivity contribution in [1.29, 1.82) is 0 Å². The van der Waals surface area contributed by atoms with Gasteiger partial charge in [-0.2, -0.15) is 0 Å². The first-order chi connectivity index (χ1) is 11.3. The van der Waals surface area contributed by atoms with Crippen LogP contribution in [0.15, 0.2) is 0 Å². The Labute approximate surface area is 140 Å². The quantitative estimate of drug-likeness (QED) is 0.342. The van der Waals surface area contributed by atoms with Gasteiger partial charge in [0.05, 0.1) is 59.5 Å². The zero-order chi connectivity index (χ0) is 17.0. The van der Waals surface area contributed by atoms with Crippen LogP contribution in [0, 0.1) is 0 Å². The summed E-state index contributed by atoms with van der Waals surface area (Å²) in [6.45, 7) is 12.8. The van der Waals surface area contributed by atoms with Gasteiger partial charge in [0.25, 0.3) is 0 Å². The first kappa shape index (κ1) is 22.7. The Balaban J connectivity index is 3.48. The van der Waals surface area contributed by atoms with E-state index in [-0.39, 0.29) is 6.61 Å². The Morgan fingerprint density at radius 3 is 1.39 bits per heavy atom. The van der Waals surface area contributed by atoms with Crippen molar-refractivity contribution in [3.63, 3.8) is 0 Å². The third kappa shape index (κ3) is 17.9. The van der Waals surface area contributed by atoms with E-state index in [1.165, 1.54) is 0 Å². The highest BCUT2D eigenvalue weighted by atomic mass is 16.5. The monoisotopic (exact) mass is 337 g/mol. The minimum Gasteiger partial charge on any atom is -0.394 e. The molecule has 23 heavy (non-hydrogen) atoms. The Morgan fingerprint density at radius 1 is 0.565 bits per heavy atom. The summed E-state index contributed by atoms with van der Waals surface area (Å²) >= 11 is 0. The van der Waals surface area contributed by atoms with Crippen molar-refractivity contribution in [2.24, 2.45) is 0 Å². The highest BCUT2D eigenvalue weighted by molar-refractivity contribution is 4.57. The molecule has 0 heterocycles. The maximum atomic E-state index is 8.54.